The lowest BCUT2D eigenvalue weighted by Crippen LogP contribution is -2.65. The number of carbonyl (C=O) groups excluding carboxylic acids is 3. The normalized spacial score (nSPS) is 18.4. The van der Waals surface area contributed by atoms with Crippen molar-refractivity contribution in [1.82, 2.24) is 10.2 Å². The van der Waals surface area contributed by atoms with Gasteiger partial charge in [-0.25, -0.2) is 0 Å². The van der Waals surface area contributed by atoms with Crippen molar-refractivity contribution in [1.29, 1.82) is 0 Å². The Balaban J connectivity index is 1.66. The zero-order valence-corrected chi connectivity index (χ0v) is 24.7. The Morgan fingerprint density at radius 1 is 1.10 bits per heavy atom. The van der Waals surface area contributed by atoms with Crippen LogP contribution >= 0.6 is 23.4 Å². The molecule has 3 aromatic carbocycles. The van der Waals surface area contributed by atoms with Gasteiger partial charge in [-0.2, -0.15) is 0 Å². The van der Waals surface area contributed by atoms with Crippen LogP contribution in [0.25, 0.3) is 0 Å². The highest BCUT2D eigenvalue weighted by atomic mass is 35.5. The van der Waals surface area contributed by atoms with Gasteiger partial charge in [-0.1, -0.05) is 72.3 Å². The van der Waals surface area contributed by atoms with Crippen molar-refractivity contribution < 1.29 is 24.6 Å². The van der Waals surface area contributed by atoms with Gasteiger partial charge in [-0.3, -0.25) is 20.1 Å². The Hall–Kier alpha value is -3.37. The molecule has 3 aromatic rings. The molecule has 0 aliphatic carbocycles. The van der Waals surface area contributed by atoms with E-state index in [-0.39, 0.29) is 30.2 Å². The summed E-state index contributed by atoms with van der Waals surface area (Å²) >= 11 is 7.62. The van der Waals surface area contributed by atoms with E-state index in [1.54, 1.807) is 49.4 Å². The Labute approximate surface area is 248 Å². The molecule has 216 valence electrons. The van der Waals surface area contributed by atoms with Gasteiger partial charge in [0.05, 0.1) is 11.8 Å². The number of hydrogen-bond acceptors (Lipinski definition) is 7. The van der Waals surface area contributed by atoms with Crippen molar-refractivity contribution in [2.24, 2.45) is 11.7 Å². The molecule has 1 heterocycles. The molecule has 1 aliphatic rings. The van der Waals surface area contributed by atoms with E-state index in [1.807, 2.05) is 26.0 Å². The second-order valence-corrected chi connectivity index (χ2v) is 12.8. The molecule has 1 unspecified atom stereocenters. The van der Waals surface area contributed by atoms with Crippen LogP contribution in [-0.4, -0.2) is 55.1 Å². The number of phenols is 1. The molecule has 1 saturated heterocycles. The van der Waals surface area contributed by atoms with E-state index in [0.717, 1.165) is 0 Å². The smallest absolute Gasteiger partial charge is 0.271 e. The van der Waals surface area contributed by atoms with E-state index in [1.165, 1.54) is 34.9 Å². The molecule has 0 bridgehead atoms. The van der Waals surface area contributed by atoms with Gasteiger partial charge in [0.2, 0.25) is 11.6 Å². The molecule has 0 spiro atoms. The third-order valence-corrected chi connectivity index (χ3v) is 9.25. The van der Waals surface area contributed by atoms with Gasteiger partial charge >= 0.3 is 0 Å². The fourth-order valence-corrected chi connectivity index (χ4v) is 6.41. The second kappa shape index (κ2) is 12.2. The summed E-state index contributed by atoms with van der Waals surface area (Å²) in [4.78, 5) is 42.7. The average Bonchev–Trinajstić information content (AvgIpc) is 3.26. The molecule has 0 saturated carbocycles. The number of nitrogens with two attached hydrogens (primary N) is 1. The molecule has 41 heavy (non-hydrogen) atoms. The quantitative estimate of drug-likeness (QED) is 0.217. The first-order valence-corrected chi connectivity index (χ1v) is 14.5. The van der Waals surface area contributed by atoms with Gasteiger partial charge < -0.3 is 20.4 Å². The molecule has 4 rings (SSSR count). The van der Waals surface area contributed by atoms with E-state index < -0.39 is 40.0 Å². The highest BCUT2D eigenvalue weighted by molar-refractivity contribution is 8.00. The van der Waals surface area contributed by atoms with Crippen LogP contribution in [0.15, 0.2) is 72.8 Å². The van der Waals surface area contributed by atoms with Crippen molar-refractivity contribution >= 4 is 41.0 Å². The number of aliphatic hydroxyl groups is 1. The van der Waals surface area contributed by atoms with Crippen molar-refractivity contribution in [3.05, 3.63) is 100 Å². The minimum absolute atomic E-state index is 0.0404. The Kier molecular flexibility index (Phi) is 9.13. The molecule has 5 N–H and O–H groups in total. The Morgan fingerprint density at radius 2 is 1.76 bits per heavy atom. The molecule has 10 heteroatoms. The summed E-state index contributed by atoms with van der Waals surface area (Å²) in [5, 5.41) is 25.3. The molecule has 1 aliphatic heterocycles. The predicted octanol–water partition coefficient (Wildman–Crippen LogP) is 4.04. The number of nitrogens with zero attached hydrogens (tertiary/aromatic N) is 1. The second-order valence-electron chi connectivity index (χ2n) is 10.7. The summed E-state index contributed by atoms with van der Waals surface area (Å²) in [5.41, 5.74) is 5.62. The van der Waals surface area contributed by atoms with Crippen LogP contribution in [0.3, 0.4) is 0 Å². The first kappa shape index (κ1) is 30.6. The number of amides is 2. The molecule has 1 fully saturated rings. The van der Waals surface area contributed by atoms with Gasteiger partial charge in [-0.15, -0.1) is 11.8 Å². The zero-order chi connectivity index (χ0) is 29.9. The molecule has 0 radical (unpaired) electrons. The van der Waals surface area contributed by atoms with Crippen molar-refractivity contribution in [2.45, 2.75) is 50.3 Å². The van der Waals surface area contributed by atoms with Gasteiger partial charge in [0.1, 0.15) is 11.8 Å². The standard InChI is InChI=1S/C31H34ClN3O5S/c1-19-22(13-9-15-25(19)36)26(37)23(16-20-10-5-4-6-11-20)31(33,40)29(39)35-18-41-30(2,3)27(35)28(38)34-17-21-12-7-8-14-24(21)32/h4-15,23,27,36,40H,16-18,33H2,1-3H3,(H,34,38)/t23-,27?,31+/m1/s1. The van der Waals surface area contributed by atoms with Gasteiger partial charge in [0, 0.05) is 27.4 Å². The van der Waals surface area contributed by atoms with Crippen LogP contribution in [0.4, 0.5) is 0 Å². The number of ketones is 1. The number of Topliss-reactive ketones (excluding diaryl/α,β-unsaturated/α-hetero) is 1. The highest BCUT2D eigenvalue weighted by Gasteiger charge is 2.54. The molecular weight excluding hydrogens is 562 g/mol. The molecule has 2 amide bonds. The van der Waals surface area contributed by atoms with E-state index in [4.69, 9.17) is 17.3 Å². The van der Waals surface area contributed by atoms with Crippen LogP contribution in [0.5, 0.6) is 5.75 Å². The SMILES string of the molecule is Cc1c(O)cccc1C(=O)[C@@H](Cc1ccccc1)[C@](N)(O)C(=O)N1CSC(C)(C)C1C(=O)NCc1ccccc1Cl. The molecule has 0 aromatic heterocycles. The number of halogens is 1. The molecule has 3 atom stereocenters. The van der Waals surface area contributed by atoms with Gasteiger partial charge in [-0.05, 0) is 50.5 Å². The first-order valence-electron chi connectivity index (χ1n) is 13.2. The largest absolute Gasteiger partial charge is 0.508 e. The number of benzene rings is 3. The lowest BCUT2D eigenvalue weighted by molar-refractivity contribution is -0.158. The van der Waals surface area contributed by atoms with Crippen LogP contribution in [0.2, 0.25) is 5.02 Å². The topological polar surface area (TPSA) is 133 Å². The van der Waals surface area contributed by atoms with Crippen molar-refractivity contribution in [3.63, 3.8) is 0 Å². The fourth-order valence-electron chi connectivity index (χ4n) is 5.07. The van der Waals surface area contributed by atoms with E-state index >= 15 is 0 Å². The summed E-state index contributed by atoms with van der Waals surface area (Å²) in [6.07, 6.45) is -0.0404. The maximum absolute atomic E-state index is 14.1. The predicted molar refractivity (Wildman–Crippen MR) is 160 cm³/mol. The number of thioether (sulfide) groups is 1. The third kappa shape index (κ3) is 6.43. The third-order valence-electron chi connectivity index (χ3n) is 7.51. The molecule has 8 nitrogen and oxygen atoms in total. The number of aromatic hydroxyl groups is 1. The minimum Gasteiger partial charge on any atom is -0.508 e. The van der Waals surface area contributed by atoms with Crippen molar-refractivity contribution in [2.75, 3.05) is 5.88 Å². The summed E-state index contributed by atoms with van der Waals surface area (Å²) in [6.45, 7) is 5.40. The molecular formula is C31H34ClN3O5S. The monoisotopic (exact) mass is 595 g/mol. The van der Waals surface area contributed by atoms with Gasteiger partial charge in [0.15, 0.2) is 5.78 Å². The fraction of sp³-hybridized carbons (Fsp3) is 0.323. The van der Waals surface area contributed by atoms with Crippen LogP contribution in [0.1, 0.15) is 40.9 Å². The first-order chi connectivity index (χ1) is 19.3. The van der Waals surface area contributed by atoms with Crippen LogP contribution in [0, 0.1) is 12.8 Å². The lowest BCUT2D eigenvalue weighted by atomic mass is 9.81. The van der Waals surface area contributed by atoms with Crippen LogP contribution < -0.4 is 11.1 Å². The number of carbonyl (C=O) groups is 3. The maximum Gasteiger partial charge on any atom is 0.271 e. The zero-order valence-electron chi connectivity index (χ0n) is 23.1. The van der Waals surface area contributed by atoms with E-state index in [2.05, 4.69) is 5.32 Å². The number of hydrogen-bond donors (Lipinski definition) is 4. The summed E-state index contributed by atoms with van der Waals surface area (Å²) in [7, 11) is 0. The van der Waals surface area contributed by atoms with Gasteiger partial charge in [0.25, 0.3) is 5.91 Å². The summed E-state index contributed by atoms with van der Waals surface area (Å²) in [6, 6.07) is 19.6. The number of phenolic OH excluding ortho intramolecular Hbond substituents is 1. The summed E-state index contributed by atoms with van der Waals surface area (Å²) < 4.78 is -0.711. The Bertz CT molecular complexity index is 1450. The van der Waals surface area contributed by atoms with Crippen molar-refractivity contribution in [3.8, 4) is 5.75 Å². The minimum atomic E-state index is -2.66. The maximum atomic E-state index is 14.1. The van der Waals surface area contributed by atoms with Crippen LogP contribution in [-0.2, 0) is 22.6 Å². The van der Waals surface area contributed by atoms with E-state index in [9.17, 15) is 24.6 Å². The Morgan fingerprint density at radius 3 is 2.44 bits per heavy atom. The van der Waals surface area contributed by atoms with E-state index in [0.29, 0.717) is 21.7 Å². The number of rotatable bonds is 9. The summed E-state index contributed by atoms with van der Waals surface area (Å²) in [5.74, 6) is -3.36. The number of nitrogens with one attached hydrogen (secondary N) is 1. The highest BCUT2D eigenvalue weighted by Crippen LogP contribution is 2.41. The average molecular weight is 596 g/mol. The lowest BCUT2D eigenvalue weighted by Gasteiger charge is -2.37.